The Labute approximate surface area is 98.5 Å². The Bertz CT molecular complexity index is 212. The number of hydrogen-bond donors (Lipinski definition) is 2. The zero-order valence-electron chi connectivity index (χ0n) is 10.3. The molecule has 16 heavy (non-hydrogen) atoms. The molecule has 0 aromatic rings. The van der Waals surface area contributed by atoms with Crippen LogP contribution in [0.4, 0.5) is 0 Å². The largest absolute Gasteiger partial charge is 0.393 e. The fourth-order valence-corrected chi connectivity index (χ4v) is 3.25. The maximum absolute atomic E-state index is 10.0. The Kier molecular flexibility index (Phi) is 4.22. The summed E-state index contributed by atoms with van der Waals surface area (Å²) in [6, 6.07) is 0.392. The van der Waals surface area contributed by atoms with Gasteiger partial charge in [-0.2, -0.15) is 0 Å². The third-order valence-corrected chi connectivity index (χ3v) is 4.42. The van der Waals surface area contributed by atoms with Crippen LogP contribution in [0.25, 0.3) is 0 Å². The van der Waals surface area contributed by atoms with Gasteiger partial charge in [0.2, 0.25) is 0 Å². The SMILES string of the molecule is CC(O)C1CCN(C2CCCCC2O)CC1. The van der Waals surface area contributed by atoms with Crippen molar-refractivity contribution in [1.82, 2.24) is 4.90 Å². The van der Waals surface area contributed by atoms with E-state index in [9.17, 15) is 10.2 Å². The summed E-state index contributed by atoms with van der Waals surface area (Å²) in [5.41, 5.74) is 0. The fraction of sp³-hybridized carbons (Fsp3) is 1.00. The molecule has 1 aliphatic heterocycles. The van der Waals surface area contributed by atoms with Gasteiger partial charge in [-0.05, 0) is 51.6 Å². The number of nitrogens with zero attached hydrogens (tertiary/aromatic N) is 1. The molecule has 0 aromatic heterocycles. The summed E-state index contributed by atoms with van der Waals surface area (Å²) >= 11 is 0. The van der Waals surface area contributed by atoms with Gasteiger partial charge in [0.25, 0.3) is 0 Å². The molecule has 2 N–H and O–H groups in total. The third kappa shape index (κ3) is 2.76. The van der Waals surface area contributed by atoms with Crippen LogP contribution >= 0.6 is 0 Å². The highest BCUT2D eigenvalue weighted by atomic mass is 16.3. The average Bonchev–Trinajstić information content (AvgIpc) is 2.30. The van der Waals surface area contributed by atoms with E-state index < -0.39 is 0 Å². The van der Waals surface area contributed by atoms with Crippen molar-refractivity contribution in [2.24, 2.45) is 5.92 Å². The van der Waals surface area contributed by atoms with Gasteiger partial charge < -0.3 is 10.2 Å². The summed E-state index contributed by atoms with van der Waals surface area (Å²) in [4.78, 5) is 2.45. The van der Waals surface area contributed by atoms with Gasteiger partial charge in [-0.25, -0.2) is 0 Å². The zero-order chi connectivity index (χ0) is 11.5. The molecule has 2 fully saturated rings. The predicted octanol–water partition coefficient (Wildman–Crippen LogP) is 1.38. The van der Waals surface area contributed by atoms with E-state index in [1.54, 1.807) is 0 Å². The van der Waals surface area contributed by atoms with Gasteiger partial charge in [0.05, 0.1) is 12.2 Å². The maximum Gasteiger partial charge on any atom is 0.0695 e. The highest BCUT2D eigenvalue weighted by Crippen LogP contribution is 2.28. The highest BCUT2D eigenvalue weighted by Gasteiger charge is 2.32. The standard InChI is InChI=1S/C13H25NO2/c1-10(15)11-6-8-14(9-7-11)12-4-2-3-5-13(12)16/h10-13,15-16H,2-9H2,1H3. The lowest BCUT2D eigenvalue weighted by atomic mass is 9.87. The number of piperidine rings is 1. The monoisotopic (exact) mass is 227 g/mol. The molecular weight excluding hydrogens is 202 g/mol. The van der Waals surface area contributed by atoms with E-state index in [2.05, 4.69) is 4.90 Å². The first kappa shape index (κ1) is 12.3. The van der Waals surface area contributed by atoms with Crippen molar-refractivity contribution in [3.05, 3.63) is 0 Å². The first-order valence-corrected chi connectivity index (χ1v) is 6.78. The predicted molar refractivity (Wildman–Crippen MR) is 64.2 cm³/mol. The van der Waals surface area contributed by atoms with Crippen molar-refractivity contribution < 1.29 is 10.2 Å². The Morgan fingerprint density at radius 2 is 1.69 bits per heavy atom. The fourth-order valence-electron chi connectivity index (χ4n) is 3.25. The first-order valence-electron chi connectivity index (χ1n) is 6.78. The minimum Gasteiger partial charge on any atom is -0.393 e. The van der Waals surface area contributed by atoms with E-state index in [0.29, 0.717) is 12.0 Å². The molecule has 0 radical (unpaired) electrons. The second-order valence-corrected chi connectivity index (χ2v) is 5.53. The molecular formula is C13H25NO2. The van der Waals surface area contributed by atoms with Gasteiger partial charge in [-0.1, -0.05) is 12.8 Å². The van der Waals surface area contributed by atoms with Crippen LogP contribution in [-0.2, 0) is 0 Å². The molecule has 3 atom stereocenters. The number of rotatable bonds is 2. The number of aliphatic hydroxyl groups excluding tert-OH is 2. The molecule has 1 aliphatic carbocycles. The second kappa shape index (κ2) is 5.48. The Morgan fingerprint density at radius 1 is 1.06 bits per heavy atom. The summed E-state index contributed by atoms with van der Waals surface area (Å²) < 4.78 is 0. The van der Waals surface area contributed by atoms with Gasteiger partial charge in [-0.3, -0.25) is 4.90 Å². The van der Waals surface area contributed by atoms with Crippen LogP contribution in [0, 0.1) is 5.92 Å². The third-order valence-electron chi connectivity index (χ3n) is 4.42. The quantitative estimate of drug-likeness (QED) is 0.749. The minimum absolute atomic E-state index is 0.114. The summed E-state index contributed by atoms with van der Waals surface area (Å²) in [5, 5.41) is 19.6. The smallest absolute Gasteiger partial charge is 0.0695 e. The van der Waals surface area contributed by atoms with Crippen LogP contribution in [0.1, 0.15) is 45.4 Å². The van der Waals surface area contributed by atoms with Crippen molar-refractivity contribution in [3.63, 3.8) is 0 Å². The van der Waals surface area contributed by atoms with Gasteiger partial charge in [0.15, 0.2) is 0 Å². The van der Waals surface area contributed by atoms with Crippen LogP contribution in [0.15, 0.2) is 0 Å². The van der Waals surface area contributed by atoms with Crippen LogP contribution in [-0.4, -0.2) is 46.5 Å². The van der Waals surface area contributed by atoms with Crippen LogP contribution in [0.2, 0.25) is 0 Å². The molecule has 94 valence electrons. The van der Waals surface area contributed by atoms with E-state index in [1.807, 2.05) is 6.92 Å². The van der Waals surface area contributed by atoms with E-state index in [4.69, 9.17) is 0 Å². The van der Waals surface area contributed by atoms with Gasteiger partial charge in [0.1, 0.15) is 0 Å². The molecule has 0 amide bonds. The maximum atomic E-state index is 10.0. The molecule has 0 aromatic carbocycles. The van der Waals surface area contributed by atoms with Crippen molar-refractivity contribution in [2.75, 3.05) is 13.1 Å². The highest BCUT2D eigenvalue weighted by molar-refractivity contribution is 4.86. The van der Waals surface area contributed by atoms with Gasteiger partial charge >= 0.3 is 0 Å². The Morgan fingerprint density at radius 3 is 2.25 bits per heavy atom. The van der Waals surface area contributed by atoms with Gasteiger partial charge in [-0.15, -0.1) is 0 Å². The number of likely N-dealkylation sites (tertiary alicyclic amines) is 1. The molecule has 2 aliphatic rings. The Balaban J connectivity index is 1.83. The summed E-state index contributed by atoms with van der Waals surface area (Å²) in [6.45, 7) is 4.00. The van der Waals surface area contributed by atoms with Crippen molar-refractivity contribution in [1.29, 1.82) is 0 Å². The van der Waals surface area contributed by atoms with Crippen LogP contribution in [0.3, 0.4) is 0 Å². The number of aliphatic hydroxyl groups is 2. The molecule has 3 heteroatoms. The molecule has 3 unspecified atom stereocenters. The second-order valence-electron chi connectivity index (χ2n) is 5.53. The zero-order valence-corrected chi connectivity index (χ0v) is 10.3. The molecule has 2 rings (SSSR count). The topological polar surface area (TPSA) is 43.7 Å². The first-order chi connectivity index (χ1) is 7.68. The molecule has 0 bridgehead atoms. The number of hydrogen-bond acceptors (Lipinski definition) is 3. The summed E-state index contributed by atoms with van der Waals surface area (Å²) in [5.74, 6) is 0.469. The van der Waals surface area contributed by atoms with Crippen LogP contribution in [0.5, 0.6) is 0 Å². The normalized spacial score (nSPS) is 36.2. The van der Waals surface area contributed by atoms with E-state index in [-0.39, 0.29) is 12.2 Å². The van der Waals surface area contributed by atoms with Crippen molar-refractivity contribution in [3.8, 4) is 0 Å². The molecule has 1 heterocycles. The van der Waals surface area contributed by atoms with Crippen molar-refractivity contribution >= 4 is 0 Å². The lowest BCUT2D eigenvalue weighted by Crippen LogP contribution is -2.49. The molecule has 3 nitrogen and oxygen atoms in total. The van der Waals surface area contributed by atoms with Crippen molar-refractivity contribution in [2.45, 2.75) is 63.7 Å². The van der Waals surface area contributed by atoms with E-state index in [1.165, 1.54) is 12.8 Å². The van der Waals surface area contributed by atoms with Gasteiger partial charge in [0, 0.05) is 6.04 Å². The lowest BCUT2D eigenvalue weighted by Gasteiger charge is -2.42. The van der Waals surface area contributed by atoms with Crippen LogP contribution < -0.4 is 0 Å². The van der Waals surface area contributed by atoms with E-state index >= 15 is 0 Å². The average molecular weight is 227 g/mol. The molecule has 1 saturated heterocycles. The summed E-state index contributed by atoms with van der Waals surface area (Å²) in [7, 11) is 0. The van der Waals surface area contributed by atoms with E-state index in [0.717, 1.165) is 38.8 Å². The molecule has 0 spiro atoms. The lowest BCUT2D eigenvalue weighted by molar-refractivity contribution is -0.00967. The minimum atomic E-state index is -0.168. The summed E-state index contributed by atoms with van der Waals surface area (Å²) in [6.07, 6.45) is 6.46. The Hall–Kier alpha value is -0.120. The molecule has 1 saturated carbocycles.